The summed E-state index contributed by atoms with van der Waals surface area (Å²) in [5, 5.41) is 0.475. The molecular formula is C25H28ClFN2O3. The van der Waals surface area contributed by atoms with Crippen LogP contribution in [0.4, 0.5) is 14.9 Å². The fraction of sp³-hybridized carbons (Fsp3) is 0.440. The van der Waals surface area contributed by atoms with E-state index in [1.807, 2.05) is 32.9 Å². The van der Waals surface area contributed by atoms with E-state index >= 15 is 4.39 Å². The minimum atomic E-state index is -1.12. The van der Waals surface area contributed by atoms with Crippen molar-refractivity contribution in [2.75, 3.05) is 13.1 Å². The predicted octanol–water partition coefficient (Wildman–Crippen LogP) is 7.13. The summed E-state index contributed by atoms with van der Waals surface area (Å²) in [7, 11) is 0. The molecule has 0 saturated carbocycles. The Morgan fingerprint density at radius 3 is 2.62 bits per heavy atom. The highest BCUT2D eigenvalue weighted by Gasteiger charge is 2.31. The van der Waals surface area contributed by atoms with Crippen LogP contribution in [-0.4, -0.2) is 29.7 Å². The van der Waals surface area contributed by atoms with Crippen LogP contribution < -0.4 is 4.74 Å². The maximum Gasteiger partial charge on any atom is 0.410 e. The van der Waals surface area contributed by atoms with Gasteiger partial charge < -0.3 is 14.4 Å². The Bertz CT molecular complexity index is 991. The summed E-state index contributed by atoms with van der Waals surface area (Å²) in [5.74, 6) is 0.288. The van der Waals surface area contributed by atoms with Crippen molar-refractivity contribution in [2.45, 2.75) is 52.0 Å². The van der Waals surface area contributed by atoms with Crippen molar-refractivity contribution < 1.29 is 18.7 Å². The van der Waals surface area contributed by atoms with Gasteiger partial charge in [-0.3, -0.25) is 0 Å². The Kier molecular flexibility index (Phi) is 7.63. The second kappa shape index (κ2) is 10.2. The first-order valence-electron chi connectivity index (χ1n) is 10.7. The van der Waals surface area contributed by atoms with Crippen LogP contribution in [0.5, 0.6) is 5.75 Å². The Morgan fingerprint density at radius 1 is 1.25 bits per heavy atom. The van der Waals surface area contributed by atoms with E-state index in [4.69, 9.17) is 27.6 Å². The number of amides is 1. The smallest absolute Gasteiger partial charge is 0.410 e. The van der Waals surface area contributed by atoms with Crippen molar-refractivity contribution >= 4 is 23.4 Å². The number of carbonyl (C=O) groups is 1. The summed E-state index contributed by atoms with van der Waals surface area (Å²) < 4.78 is 26.5. The molecule has 1 aliphatic heterocycles. The summed E-state index contributed by atoms with van der Waals surface area (Å²) in [4.78, 5) is 17.3. The number of ether oxygens (including phenoxy) is 2. The molecule has 1 aliphatic rings. The van der Waals surface area contributed by atoms with Crippen LogP contribution in [0.2, 0.25) is 5.02 Å². The van der Waals surface area contributed by atoms with Gasteiger partial charge in [-0.15, -0.1) is 0 Å². The largest absolute Gasteiger partial charge is 0.500 e. The number of nitrogens with zero attached hydrogens (tertiary/aromatic N) is 2. The monoisotopic (exact) mass is 458 g/mol. The molecule has 0 unspecified atom stereocenters. The van der Waals surface area contributed by atoms with E-state index in [0.29, 0.717) is 48.0 Å². The lowest BCUT2D eigenvalue weighted by Crippen LogP contribution is -2.42. The number of hydrogen-bond donors (Lipinski definition) is 0. The first-order valence-corrected chi connectivity index (χ1v) is 11.0. The van der Waals surface area contributed by atoms with Gasteiger partial charge in [-0.1, -0.05) is 29.8 Å². The lowest BCUT2D eigenvalue weighted by atomic mass is 9.88. The van der Waals surface area contributed by atoms with E-state index in [1.54, 1.807) is 35.2 Å². The van der Waals surface area contributed by atoms with Gasteiger partial charge >= 0.3 is 6.09 Å². The van der Waals surface area contributed by atoms with E-state index < -0.39 is 11.8 Å². The molecule has 0 aliphatic carbocycles. The van der Waals surface area contributed by atoms with Crippen molar-refractivity contribution in [3.63, 3.8) is 0 Å². The van der Waals surface area contributed by atoms with Gasteiger partial charge in [-0.05, 0) is 74.9 Å². The van der Waals surface area contributed by atoms with Crippen LogP contribution >= 0.6 is 11.6 Å². The summed E-state index contributed by atoms with van der Waals surface area (Å²) >= 11 is 5.93. The molecular weight excluding hydrogens is 431 g/mol. The fourth-order valence-corrected chi connectivity index (χ4v) is 3.86. The highest BCUT2D eigenvalue weighted by atomic mass is 35.5. The molecule has 1 atom stereocenters. The molecule has 2 aromatic carbocycles. The van der Waals surface area contributed by atoms with Crippen molar-refractivity contribution in [1.82, 2.24) is 4.90 Å². The molecule has 170 valence electrons. The fourth-order valence-electron chi connectivity index (χ4n) is 3.69. The average Bonchev–Trinajstić information content (AvgIpc) is 2.76. The van der Waals surface area contributed by atoms with Gasteiger partial charge in [0.05, 0.1) is 6.57 Å². The van der Waals surface area contributed by atoms with E-state index in [-0.39, 0.29) is 18.6 Å². The number of carbonyl (C=O) groups excluding carboxylic acids is 1. The minimum Gasteiger partial charge on any atom is -0.500 e. The summed E-state index contributed by atoms with van der Waals surface area (Å²) in [6, 6.07) is 12.2. The molecule has 0 bridgehead atoms. The molecule has 0 radical (unpaired) electrons. The van der Waals surface area contributed by atoms with Crippen LogP contribution in [0, 0.1) is 12.5 Å². The number of rotatable bonds is 5. The van der Waals surface area contributed by atoms with Crippen molar-refractivity contribution in [3.05, 3.63) is 70.0 Å². The minimum absolute atomic E-state index is 0.158. The molecule has 1 fully saturated rings. The maximum atomic E-state index is 15.3. The summed E-state index contributed by atoms with van der Waals surface area (Å²) in [6.45, 7) is 14.0. The molecule has 5 nitrogen and oxygen atoms in total. The third-order valence-corrected chi connectivity index (χ3v) is 5.55. The maximum absolute atomic E-state index is 15.3. The van der Waals surface area contributed by atoms with Crippen molar-refractivity contribution in [3.8, 4) is 5.75 Å². The van der Waals surface area contributed by atoms with E-state index in [0.717, 1.165) is 5.56 Å². The molecule has 7 heteroatoms. The first-order chi connectivity index (χ1) is 15.2. The third kappa shape index (κ3) is 6.37. The number of likely N-dealkylation sites (tertiary alicyclic amines) is 1. The van der Waals surface area contributed by atoms with Gasteiger partial charge in [-0.25, -0.2) is 14.0 Å². The molecule has 0 N–H and O–H groups in total. The number of benzene rings is 2. The number of halogens is 2. The second-order valence-electron chi connectivity index (χ2n) is 8.96. The van der Waals surface area contributed by atoms with Crippen LogP contribution in [0.3, 0.4) is 0 Å². The first kappa shape index (κ1) is 23.9. The van der Waals surface area contributed by atoms with Gasteiger partial charge in [0.25, 0.3) is 0 Å². The number of alkyl halides is 1. The second-order valence-corrected chi connectivity index (χ2v) is 9.40. The zero-order valence-corrected chi connectivity index (χ0v) is 19.4. The number of hydrogen-bond acceptors (Lipinski definition) is 3. The van der Waals surface area contributed by atoms with Gasteiger partial charge in [0, 0.05) is 18.1 Å². The third-order valence-electron chi connectivity index (χ3n) is 5.31. The SMILES string of the molecule is [C-]#[N+]c1cc(Cl)ccc1OCc1cccc([C@@H](F)C2CCN(C(=O)OC(C)(C)C)CC2)c1. The van der Waals surface area contributed by atoms with Gasteiger partial charge in [0.15, 0.2) is 0 Å². The average molecular weight is 459 g/mol. The topological polar surface area (TPSA) is 43.1 Å². The van der Waals surface area contributed by atoms with Gasteiger partial charge in [0.1, 0.15) is 24.1 Å². The molecule has 1 amide bonds. The summed E-state index contributed by atoms with van der Waals surface area (Å²) in [5.41, 5.74) is 1.22. The van der Waals surface area contributed by atoms with Crippen molar-refractivity contribution in [1.29, 1.82) is 0 Å². The van der Waals surface area contributed by atoms with Crippen LogP contribution in [0.15, 0.2) is 42.5 Å². The highest BCUT2D eigenvalue weighted by Crippen LogP contribution is 2.35. The Labute approximate surface area is 193 Å². The zero-order valence-electron chi connectivity index (χ0n) is 18.6. The molecule has 1 heterocycles. The molecule has 32 heavy (non-hydrogen) atoms. The Hall–Kier alpha value is -2.78. The lowest BCUT2D eigenvalue weighted by molar-refractivity contribution is 0.0144. The Morgan fingerprint density at radius 2 is 1.97 bits per heavy atom. The van der Waals surface area contributed by atoms with Crippen LogP contribution in [0.1, 0.15) is 50.9 Å². The molecule has 0 aromatic heterocycles. The molecule has 3 rings (SSSR count). The molecule has 1 saturated heterocycles. The van der Waals surface area contributed by atoms with Crippen LogP contribution in [0.25, 0.3) is 4.85 Å². The molecule has 2 aromatic rings. The van der Waals surface area contributed by atoms with Gasteiger partial charge in [0.2, 0.25) is 5.69 Å². The van der Waals surface area contributed by atoms with Gasteiger partial charge in [-0.2, -0.15) is 0 Å². The lowest BCUT2D eigenvalue weighted by Gasteiger charge is -2.34. The highest BCUT2D eigenvalue weighted by molar-refractivity contribution is 6.30. The van der Waals surface area contributed by atoms with Crippen molar-refractivity contribution in [2.24, 2.45) is 5.92 Å². The zero-order chi connectivity index (χ0) is 23.3. The predicted molar refractivity (Wildman–Crippen MR) is 123 cm³/mol. The summed E-state index contributed by atoms with van der Waals surface area (Å²) in [6.07, 6.45) is -0.294. The van der Waals surface area contributed by atoms with Crippen LogP contribution in [-0.2, 0) is 11.3 Å². The van der Waals surface area contributed by atoms with E-state index in [1.165, 1.54) is 0 Å². The van der Waals surface area contributed by atoms with E-state index in [2.05, 4.69) is 4.85 Å². The number of piperidine rings is 1. The Balaban J connectivity index is 1.58. The molecule has 0 spiro atoms. The normalized spacial score (nSPS) is 15.7. The quantitative estimate of drug-likeness (QED) is 0.447. The standard InChI is InChI=1S/C25H28ClFN2O3/c1-25(2,3)32-24(30)29-12-10-18(11-13-29)23(27)19-7-5-6-17(14-19)16-31-22-9-8-20(26)15-21(22)28-4/h5-9,14-15,18,23H,10-13,16H2,1-3H3/t23-/m0/s1. The van der Waals surface area contributed by atoms with E-state index in [9.17, 15) is 4.79 Å².